The molecule has 0 amide bonds. The molecule has 0 aliphatic heterocycles. The van der Waals surface area contributed by atoms with E-state index in [-0.39, 0.29) is 0 Å². The van der Waals surface area contributed by atoms with Crippen molar-refractivity contribution >= 4 is 5.57 Å². The molecule has 3 rings (SSSR count). The Morgan fingerprint density at radius 3 is 2.46 bits per heavy atom. The second-order valence-corrected chi connectivity index (χ2v) is 6.36. The molecule has 2 heteroatoms. The minimum absolute atomic E-state index is 0.694. The Labute approximate surface area is 155 Å². The summed E-state index contributed by atoms with van der Waals surface area (Å²) in [6.07, 6.45) is 4.70. The number of nitrogens with zero attached hydrogens (tertiary/aromatic N) is 2. The topological polar surface area (TPSA) is 36.7 Å². The normalized spacial score (nSPS) is 10.3. The molecule has 0 unspecified atom stereocenters. The summed E-state index contributed by atoms with van der Waals surface area (Å²) in [5.74, 6) is 0. The Balaban J connectivity index is 1.68. The summed E-state index contributed by atoms with van der Waals surface area (Å²) in [5.41, 5.74) is 7.59. The number of pyridine rings is 1. The van der Waals surface area contributed by atoms with Gasteiger partial charge in [0, 0.05) is 11.8 Å². The molecule has 0 aliphatic carbocycles. The maximum Gasteiger partial charge on any atom is 0.0991 e. The fourth-order valence-electron chi connectivity index (χ4n) is 3.03. The predicted molar refractivity (Wildman–Crippen MR) is 108 cm³/mol. The van der Waals surface area contributed by atoms with Gasteiger partial charge in [0.05, 0.1) is 17.3 Å². The van der Waals surface area contributed by atoms with Gasteiger partial charge in [-0.15, -0.1) is 0 Å². The van der Waals surface area contributed by atoms with Gasteiger partial charge in [-0.05, 0) is 59.7 Å². The Bertz CT molecular complexity index is 929. The van der Waals surface area contributed by atoms with Crippen molar-refractivity contribution in [2.75, 3.05) is 0 Å². The lowest BCUT2D eigenvalue weighted by Gasteiger charge is -2.09. The highest BCUT2D eigenvalue weighted by Gasteiger charge is 2.06. The minimum Gasteiger partial charge on any atom is -0.256 e. The smallest absolute Gasteiger partial charge is 0.0991 e. The van der Waals surface area contributed by atoms with Crippen molar-refractivity contribution in [3.63, 3.8) is 0 Å². The first kappa shape index (κ1) is 17.6. The van der Waals surface area contributed by atoms with E-state index in [1.165, 1.54) is 16.7 Å². The van der Waals surface area contributed by atoms with Gasteiger partial charge in [-0.1, -0.05) is 56.0 Å². The van der Waals surface area contributed by atoms with E-state index >= 15 is 0 Å². The molecule has 2 aromatic carbocycles. The van der Waals surface area contributed by atoms with Gasteiger partial charge in [0.15, 0.2) is 0 Å². The zero-order valence-electron chi connectivity index (χ0n) is 15.1. The van der Waals surface area contributed by atoms with Crippen LogP contribution in [-0.2, 0) is 12.8 Å². The highest BCUT2D eigenvalue weighted by atomic mass is 14.7. The summed E-state index contributed by atoms with van der Waals surface area (Å²) in [5, 5.41) is 8.86. The van der Waals surface area contributed by atoms with Crippen LogP contribution in [0.5, 0.6) is 0 Å². The number of aromatic nitrogens is 1. The zero-order chi connectivity index (χ0) is 18.4. The van der Waals surface area contributed by atoms with Crippen molar-refractivity contribution in [1.29, 1.82) is 5.26 Å². The molecule has 0 fully saturated rings. The number of hydrogen-bond donors (Lipinski definition) is 0. The molecular formula is C24H22N2. The molecule has 2 nitrogen and oxygen atoms in total. The van der Waals surface area contributed by atoms with Gasteiger partial charge in [-0.3, -0.25) is 4.98 Å². The van der Waals surface area contributed by atoms with Crippen LogP contribution in [0.15, 0.2) is 73.4 Å². The van der Waals surface area contributed by atoms with Gasteiger partial charge >= 0.3 is 0 Å². The fraction of sp³-hybridized carbons (Fsp3) is 0.167. The van der Waals surface area contributed by atoms with E-state index in [2.05, 4.69) is 61.0 Å². The molecule has 0 radical (unpaired) electrons. The molecule has 0 saturated carbocycles. The van der Waals surface area contributed by atoms with Crippen LogP contribution in [0.2, 0.25) is 0 Å². The first-order chi connectivity index (χ1) is 12.7. The Hall–Kier alpha value is -3.18. The lowest BCUT2D eigenvalue weighted by molar-refractivity contribution is 1.02. The number of hydrogen-bond acceptors (Lipinski definition) is 2. The summed E-state index contributed by atoms with van der Waals surface area (Å²) in [4.78, 5) is 4.66. The molecule has 3 aromatic rings. The van der Waals surface area contributed by atoms with E-state index < -0.39 is 0 Å². The average Bonchev–Trinajstić information content (AvgIpc) is 2.72. The highest BCUT2D eigenvalue weighted by Crippen LogP contribution is 2.25. The Kier molecular flexibility index (Phi) is 5.61. The van der Waals surface area contributed by atoms with E-state index in [9.17, 15) is 0 Å². The van der Waals surface area contributed by atoms with E-state index in [1.807, 2.05) is 30.5 Å². The van der Waals surface area contributed by atoms with E-state index in [0.29, 0.717) is 5.56 Å². The second kappa shape index (κ2) is 8.27. The molecule has 0 atom stereocenters. The van der Waals surface area contributed by atoms with Gasteiger partial charge in [-0.2, -0.15) is 5.26 Å². The van der Waals surface area contributed by atoms with Gasteiger partial charge in [0.25, 0.3) is 0 Å². The van der Waals surface area contributed by atoms with Crippen LogP contribution in [0.3, 0.4) is 0 Å². The third kappa shape index (κ3) is 4.07. The molecule has 0 N–H and O–H groups in total. The summed E-state index contributed by atoms with van der Waals surface area (Å²) in [6.45, 7) is 6.38. The highest BCUT2D eigenvalue weighted by molar-refractivity contribution is 5.68. The molecular weight excluding hydrogens is 316 g/mol. The SMILES string of the molecule is C=C(CCc1ccc(C#N)cc1)c1ccc(-c2ccccc2CC)nc1. The molecule has 0 saturated heterocycles. The van der Waals surface area contributed by atoms with Crippen molar-refractivity contribution in [2.45, 2.75) is 26.2 Å². The Morgan fingerprint density at radius 2 is 1.81 bits per heavy atom. The van der Waals surface area contributed by atoms with Crippen LogP contribution in [0.25, 0.3) is 16.8 Å². The molecule has 0 spiro atoms. The molecule has 128 valence electrons. The maximum absolute atomic E-state index is 8.86. The van der Waals surface area contributed by atoms with E-state index in [0.717, 1.165) is 36.1 Å². The molecule has 0 aliphatic rings. The fourth-order valence-corrected chi connectivity index (χ4v) is 3.03. The van der Waals surface area contributed by atoms with Crippen LogP contribution in [0, 0.1) is 11.3 Å². The average molecular weight is 338 g/mol. The van der Waals surface area contributed by atoms with Gasteiger partial charge < -0.3 is 0 Å². The van der Waals surface area contributed by atoms with Crippen molar-refractivity contribution in [2.24, 2.45) is 0 Å². The van der Waals surface area contributed by atoms with Crippen molar-refractivity contribution < 1.29 is 0 Å². The predicted octanol–water partition coefficient (Wildman–Crippen LogP) is 5.83. The summed E-state index contributed by atoms with van der Waals surface area (Å²) < 4.78 is 0. The van der Waals surface area contributed by atoms with E-state index in [1.54, 1.807) is 0 Å². The number of nitriles is 1. The third-order valence-electron chi connectivity index (χ3n) is 4.64. The number of benzene rings is 2. The quantitative estimate of drug-likeness (QED) is 0.567. The lowest BCUT2D eigenvalue weighted by Crippen LogP contribution is -1.93. The van der Waals surface area contributed by atoms with Crippen molar-refractivity contribution in [3.05, 3.63) is 95.7 Å². The van der Waals surface area contributed by atoms with Gasteiger partial charge in [0.2, 0.25) is 0 Å². The van der Waals surface area contributed by atoms with Crippen molar-refractivity contribution in [3.8, 4) is 17.3 Å². The standard InChI is InChI=1S/C24H22N2/c1-3-21-6-4-5-7-23(21)24-15-14-22(17-26-24)18(2)8-9-19-10-12-20(16-25)13-11-19/h4-7,10-15,17H,2-3,8-9H2,1H3. The zero-order valence-corrected chi connectivity index (χ0v) is 15.1. The summed E-state index contributed by atoms with van der Waals surface area (Å²) in [6, 6.07) is 22.5. The van der Waals surface area contributed by atoms with Gasteiger partial charge in [0.1, 0.15) is 0 Å². The van der Waals surface area contributed by atoms with Crippen LogP contribution in [-0.4, -0.2) is 4.98 Å². The minimum atomic E-state index is 0.694. The number of rotatable bonds is 6. The number of allylic oxidation sites excluding steroid dienone is 1. The first-order valence-electron chi connectivity index (χ1n) is 8.92. The van der Waals surface area contributed by atoms with Crippen LogP contribution in [0.1, 0.15) is 35.6 Å². The summed E-state index contributed by atoms with van der Waals surface area (Å²) in [7, 11) is 0. The maximum atomic E-state index is 8.86. The van der Waals surface area contributed by atoms with Crippen molar-refractivity contribution in [1.82, 2.24) is 4.98 Å². The molecule has 1 heterocycles. The number of aryl methyl sites for hydroxylation is 2. The molecule has 1 aromatic heterocycles. The Morgan fingerprint density at radius 1 is 1.04 bits per heavy atom. The second-order valence-electron chi connectivity index (χ2n) is 6.36. The van der Waals surface area contributed by atoms with E-state index in [4.69, 9.17) is 5.26 Å². The molecule has 0 bridgehead atoms. The van der Waals surface area contributed by atoms with Crippen LogP contribution < -0.4 is 0 Å². The van der Waals surface area contributed by atoms with Gasteiger partial charge in [-0.25, -0.2) is 0 Å². The molecule has 26 heavy (non-hydrogen) atoms. The monoisotopic (exact) mass is 338 g/mol. The largest absolute Gasteiger partial charge is 0.256 e. The third-order valence-corrected chi connectivity index (χ3v) is 4.64. The first-order valence-corrected chi connectivity index (χ1v) is 8.92. The lowest BCUT2D eigenvalue weighted by atomic mass is 9.98. The van der Waals surface area contributed by atoms with Crippen LogP contribution in [0.4, 0.5) is 0 Å². The van der Waals surface area contributed by atoms with Crippen LogP contribution >= 0.6 is 0 Å². The summed E-state index contributed by atoms with van der Waals surface area (Å²) >= 11 is 0.